The number of nitrogens with one attached hydrogen (secondary N) is 2. The van der Waals surface area contributed by atoms with Gasteiger partial charge in [-0.15, -0.1) is 0 Å². The highest BCUT2D eigenvalue weighted by atomic mass is 32.2. The summed E-state index contributed by atoms with van der Waals surface area (Å²) < 4.78 is 25.7. The molecule has 2 aromatic carbocycles. The van der Waals surface area contributed by atoms with E-state index in [4.69, 9.17) is 0 Å². The van der Waals surface area contributed by atoms with E-state index in [0.717, 1.165) is 16.7 Å². The Kier molecular flexibility index (Phi) is 6.75. The van der Waals surface area contributed by atoms with Gasteiger partial charge < -0.3 is 10.6 Å². The minimum atomic E-state index is -3.50. The third kappa shape index (κ3) is 6.39. The van der Waals surface area contributed by atoms with Crippen molar-refractivity contribution in [3.05, 3.63) is 89.7 Å². The van der Waals surface area contributed by atoms with Crippen molar-refractivity contribution in [1.29, 1.82) is 0 Å². The molecule has 2 N–H and O–H groups in total. The maximum Gasteiger partial charge on any atom is 0.319 e. The minimum Gasteiger partial charge on any atom is -0.334 e. The molecule has 7 heteroatoms. The molecule has 0 aliphatic heterocycles. The number of anilines is 1. The van der Waals surface area contributed by atoms with Gasteiger partial charge >= 0.3 is 6.03 Å². The smallest absolute Gasteiger partial charge is 0.319 e. The third-order valence-electron chi connectivity index (χ3n) is 4.80. The van der Waals surface area contributed by atoms with Gasteiger partial charge in [-0.3, -0.25) is 4.98 Å². The summed E-state index contributed by atoms with van der Waals surface area (Å²) in [5.74, 6) is -0.0741. The normalized spacial score (nSPS) is 11.7. The van der Waals surface area contributed by atoms with Crippen molar-refractivity contribution in [3.63, 3.8) is 0 Å². The lowest BCUT2D eigenvalue weighted by atomic mass is 9.86. The van der Waals surface area contributed by atoms with Gasteiger partial charge in [-0.25, -0.2) is 13.2 Å². The third-order valence-corrected chi connectivity index (χ3v) is 6.50. The van der Waals surface area contributed by atoms with Gasteiger partial charge in [-0.05, 0) is 52.4 Å². The first-order valence-electron chi connectivity index (χ1n) is 9.99. The van der Waals surface area contributed by atoms with Crippen LogP contribution in [0.1, 0.15) is 37.5 Å². The number of carbonyl (C=O) groups excluding carboxylic acids is 1. The lowest BCUT2D eigenvalue weighted by Crippen LogP contribution is -2.28. The Balaban J connectivity index is 1.63. The van der Waals surface area contributed by atoms with Gasteiger partial charge in [0.05, 0.1) is 10.6 Å². The summed E-state index contributed by atoms with van der Waals surface area (Å²) in [6, 6.07) is 17.2. The number of rotatable bonds is 6. The van der Waals surface area contributed by atoms with E-state index in [1.807, 2.05) is 30.3 Å². The highest BCUT2D eigenvalue weighted by Crippen LogP contribution is 2.25. The average Bonchev–Trinajstić information content (AvgIpc) is 2.73. The van der Waals surface area contributed by atoms with Crippen molar-refractivity contribution in [2.24, 2.45) is 0 Å². The molecule has 0 saturated carbocycles. The van der Waals surface area contributed by atoms with Crippen molar-refractivity contribution in [2.45, 2.75) is 43.4 Å². The van der Waals surface area contributed by atoms with Crippen LogP contribution in [0.5, 0.6) is 0 Å². The number of hydrogen-bond acceptors (Lipinski definition) is 4. The number of aromatic nitrogens is 1. The predicted molar refractivity (Wildman–Crippen MR) is 123 cm³/mol. The number of nitrogens with zero attached hydrogens (tertiary/aromatic N) is 1. The van der Waals surface area contributed by atoms with E-state index >= 15 is 0 Å². The molecule has 6 nitrogen and oxygen atoms in total. The molecule has 0 bridgehead atoms. The van der Waals surface area contributed by atoms with Gasteiger partial charge in [0.25, 0.3) is 0 Å². The van der Waals surface area contributed by atoms with Crippen LogP contribution in [0.25, 0.3) is 0 Å². The fourth-order valence-electron chi connectivity index (χ4n) is 3.04. The van der Waals surface area contributed by atoms with Crippen LogP contribution in [0.15, 0.2) is 78.0 Å². The molecule has 0 radical (unpaired) electrons. The lowest BCUT2D eigenvalue weighted by molar-refractivity contribution is 0.251. The molecule has 0 saturated heterocycles. The van der Waals surface area contributed by atoms with Crippen molar-refractivity contribution >= 4 is 21.6 Å². The fraction of sp³-hybridized carbons (Fsp3) is 0.250. The van der Waals surface area contributed by atoms with Crippen LogP contribution >= 0.6 is 0 Å². The number of sulfone groups is 1. The standard InChI is InChI=1S/C24H27N3O3S/c1-24(2,3)20-8-4-6-18(14-20)17-31(29,30)22-11-9-21(10-12-22)27-23(28)26-16-19-7-5-13-25-15-19/h4-15H,16-17H2,1-3H3,(H2,26,27,28). The summed E-state index contributed by atoms with van der Waals surface area (Å²) in [6.45, 7) is 6.64. The molecule has 31 heavy (non-hydrogen) atoms. The fourth-order valence-corrected chi connectivity index (χ4v) is 4.37. The highest BCUT2D eigenvalue weighted by Gasteiger charge is 2.18. The zero-order chi connectivity index (χ0) is 22.5. The Hall–Kier alpha value is -3.19. The molecule has 0 aliphatic rings. The number of pyridine rings is 1. The van der Waals surface area contributed by atoms with Gasteiger partial charge in [-0.1, -0.05) is 51.1 Å². The largest absolute Gasteiger partial charge is 0.334 e. The van der Waals surface area contributed by atoms with E-state index in [1.165, 1.54) is 12.1 Å². The molecule has 2 amide bonds. The highest BCUT2D eigenvalue weighted by molar-refractivity contribution is 7.90. The summed E-state index contributed by atoms with van der Waals surface area (Å²) in [6.07, 6.45) is 3.34. The van der Waals surface area contributed by atoms with Crippen molar-refractivity contribution in [2.75, 3.05) is 5.32 Å². The zero-order valence-corrected chi connectivity index (χ0v) is 18.7. The van der Waals surface area contributed by atoms with E-state index in [2.05, 4.69) is 36.4 Å². The molecular weight excluding hydrogens is 410 g/mol. The molecule has 0 unspecified atom stereocenters. The first kappa shape index (κ1) is 22.5. The van der Waals surface area contributed by atoms with E-state index < -0.39 is 9.84 Å². The maximum absolute atomic E-state index is 12.8. The van der Waals surface area contributed by atoms with E-state index in [1.54, 1.807) is 30.6 Å². The van der Waals surface area contributed by atoms with Crippen LogP contribution in [-0.2, 0) is 27.5 Å². The van der Waals surface area contributed by atoms with E-state index in [9.17, 15) is 13.2 Å². The number of benzene rings is 2. The van der Waals surface area contributed by atoms with Crippen LogP contribution in [0.3, 0.4) is 0 Å². The van der Waals surface area contributed by atoms with Crippen molar-refractivity contribution in [3.8, 4) is 0 Å². The van der Waals surface area contributed by atoms with Gasteiger partial charge in [0.1, 0.15) is 0 Å². The molecule has 0 atom stereocenters. The van der Waals surface area contributed by atoms with E-state index in [0.29, 0.717) is 12.2 Å². The summed E-state index contributed by atoms with van der Waals surface area (Å²) in [5, 5.41) is 5.43. The van der Waals surface area contributed by atoms with Gasteiger partial charge in [0.2, 0.25) is 0 Å². The van der Waals surface area contributed by atoms with Gasteiger partial charge in [0, 0.05) is 24.6 Å². The quantitative estimate of drug-likeness (QED) is 0.586. The van der Waals surface area contributed by atoms with Crippen LogP contribution < -0.4 is 10.6 Å². The maximum atomic E-state index is 12.8. The second-order valence-electron chi connectivity index (χ2n) is 8.40. The zero-order valence-electron chi connectivity index (χ0n) is 17.9. The average molecular weight is 438 g/mol. The van der Waals surface area contributed by atoms with Crippen LogP contribution in [0, 0.1) is 0 Å². The first-order valence-corrected chi connectivity index (χ1v) is 11.6. The number of hydrogen-bond donors (Lipinski definition) is 2. The Bertz CT molecular complexity index is 1140. The van der Waals surface area contributed by atoms with Gasteiger partial charge in [-0.2, -0.15) is 0 Å². The summed E-state index contributed by atoms with van der Waals surface area (Å²) >= 11 is 0. The second kappa shape index (κ2) is 9.31. The number of urea groups is 1. The van der Waals surface area contributed by atoms with Crippen LogP contribution in [0.4, 0.5) is 10.5 Å². The van der Waals surface area contributed by atoms with Crippen LogP contribution in [0.2, 0.25) is 0 Å². The Morgan fingerprint density at radius 1 is 0.968 bits per heavy atom. The molecule has 1 aromatic heterocycles. The molecule has 162 valence electrons. The molecule has 3 aromatic rings. The van der Waals surface area contributed by atoms with Crippen molar-refractivity contribution in [1.82, 2.24) is 10.3 Å². The molecular formula is C24H27N3O3S. The molecule has 3 rings (SSSR count). The Morgan fingerprint density at radius 3 is 2.32 bits per heavy atom. The minimum absolute atomic E-state index is 0.0509. The molecule has 1 heterocycles. The lowest BCUT2D eigenvalue weighted by Gasteiger charge is -2.19. The molecule has 0 fully saturated rings. The van der Waals surface area contributed by atoms with Crippen LogP contribution in [-0.4, -0.2) is 19.4 Å². The molecule has 0 spiro atoms. The Labute approximate surface area is 183 Å². The topological polar surface area (TPSA) is 88.2 Å². The Morgan fingerprint density at radius 2 is 1.68 bits per heavy atom. The van der Waals surface area contributed by atoms with Gasteiger partial charge in [0.15, 0.2) is 9.84 Å². The predicted octanol–water partition coefficient (Wildman–Crippen LogP) is 4.67. The first-order chi connectivity index (χ1) is 14.6. The summed E-state index contributed by atoms with van der Waals surface area (Å²) in [4.78, 5) is 16.3. The molecule has 0 aliphatic carbocycles. The van der Waals surface area contributed by atoms with Crippen molar-refractivity contribution < 1.29 is 13.2 Å². The monoisotopic (exact) mass is 437 g/mol. The summed E-state index contributed by atoms with van der Waals surface area (Å²) in [7, 11) is -3.50. The summed E-state index contributed by atoms with van der Waals surface area (Å²) in [5.41, 5.74) is 3.19. The number of amides is 2. The van der Waals surface area contributed by atoms with E-state index in [-0.39, 0.29) is 22.1 Å². The second-order valence-corrected chi connectivity index (χ2v) is 10.4. The number of carbonyl (C=O) groups is 1. The SMILES string of the molecule is CC(C)(C)c1cccc(CS(=O)(=O)c2ccc(NC(=O)NCc3cccnc3)cc2)c1.